The molecule has 0 unspecified atom stereocenters. The maximum Gasteiger partial charge on any atom is 0.238 e. The number of aryl methyl sites for hydroxylation is 2. The van der Waals surface area contributed by atoms with Gasteiger partial charge in [-0.15, -0.1) is 0 Å². The number of rotatable bonds is 6. The molecule has 1 aromatic rings. The predicted molar refractivity (Wildman–Crippen MR) is 78.5 cm³/mol. The number of methoxy groups -OCH3 is 1. The first-order chi connectivity index (χ1) is 9.07. The molecule has 0 bridgehead atoms. The van der Waals surface area contributed by atoms with Crippen LogP contribution in [0.25, 0.3) is 0 Å². The first kappa shape index (κ1) is 16.9. The Hall–Kier alpha value is -1.11. The van der Waals surface area contributed by atoms with Gasteiger partial charge >= 0.3 is 0 Å². The Morgan fingerprint density at radius 1 is 1.20 bits per heavy atom. The van der Waals surface area contributed by atoms with E-state index in [4.69, 9.17) is 14.6 Å². The van der Waals surface area contributed by atoms with Crippen molar-refractivity contribution in [2.75, 3.05) is 13.7 Å². The van der Waals surface area contributed by atoms with Gasteiger partial charge in [-0.1, -0.05) is 0 Å². The Morgan fingerprint density at radius 2 is 1.70 bits per heavy atom. The number of hydrogen-bond donors (Lipinski definition) is 1. The average molecular weight is 301 g/mol. The Kier molecular flexibility index (Phi) is 5.18. The largest absolute Gasteiger partial charge is 0.493 e. The van der Waals surface area contributed by atoms with Crippen LogP contribution in [0.15, 0.2) is 17.0 Å². The molecule has 0 aromatic heterocycles. The first-order valence-electron chi connectivity index (χ1n) is 6.39. The number of ether oxygens (including phenoxy) is 2. The van der Waals surface area contributed by atoms with Gasteiger partial charge < -0.3 is 9.47 Å². The molecular formula is C14H23NO4S. The highest BCUT2D eigenvalue weighted by Gasteiger charge is 2.18. The molecule has 114 valence electrons. The third-order valence-corrected chi connectivity index (χ3v) is 4.46. The Balaban J connectivity index is 2.86. The maximum atomic E-state index is 11.5. The van der Waals surface area contributed by atoms with Gasteiger partial charge in [0, 0.05) is 13.5 Å². The van der Waals surface area contributed by atoms with Crippen LogP contribution in [0.5, 0.6) is 5.75 Å². The summed E-state index contributed by atoms with van der Waals surface area (Å²) in [6.07, 6.45) is 0.735. The monoisotopic (exact) mass is 301 g/mol. The zero-order valence-corrected chi connectivity index (χ0v) is 13.5. The Morgan fingerprint density at radius 3 is 2.10 bits per heavy atom. The van der Waals surface area contributed by atoms with E-state index in [-0.39, 0.29) is 10.5 Å². The Labute approximate surface area is 121 Å². The minimum Gasteiger partial charge on any atom is -0.493 e. The lowest BCUT2D eigenvalue weighted by molar-refractivity contribution is 0.00545. The van der Waals surface area contributed by atoms with E-state index in [0.717, 1.165) is 6.42 Å². The fraction of sp³-hybridized carbons (Fsp3) is 0.571. The highest BCUT2D eigenvalue weighted by molar-refractivity contribution is 7.89. The molecule has 0 spiro atoms. The number of hydrogen-bond acceptors (Lipinski definition) is 4. The molecule has 6 heteroatoms. The summed E-state index contributed by atoms with van der Waals surface area (Å²) in [4.78, 5) is 0.169. The maximum absolute atomic E-state index is 11.5. The van der Waals surface area contributed by atoms with Gasteiger partial charge in [-0.2, -0.15) is 0 Å². The topological polar surface area (TPSA) is 78.6 Å². The molecule has 5 nitrogen and oxygen atoms in total. The number of nitrogens with two attached hydrogens (primary N) is 1. The number of primary sulfonamides is 1. The predicted octanol–water partition coefficient (Wildman–Crippen LogP) is 2.14. The van der Waals surface area contributed by atoms with Crippen molar-refractivity contribution < 1.29 is 17.9 Å². The third kappa shape index (κ3) is 4.47. The van der Waals surface area contributed by atoms with Gasteiger partial charge in [-0.05, 0) is 51.0 Å². The summed E-state index contributed by atoms with van der Waals surface area (Å²) in [7, 11) is -2.04. The highest BCUT2D eigenvalue weighted by Crippen LogP contribution is 2.25. The van der Waals surface area contributed by atoms with Crippen molar-refractivity contribution in [1.29, 1.82) is 0 Å². The van der Waals surface area contributed by atoms with Crippen molar-refractivity contribution in [2.45, 2.75) is 44.6 Å². The second-order valence-electron chi connectivity index (χ2n) is 5.49. The van der Waals surface area contributed by atoms with Crippen molar-refractivity contribution in [3.63, 3.8) is 0 Å². The molecule has 0 aliphatic rings. The second-order valence-corrected chi connectivity index (χ2v) is 6.99. The molecule has 0 heterocycles. The van der Waals surface area contributed by atoms with E-state index >= 15 is 0 Å². The van der Waals surface area contributed by atoms with Crippen LogP contribution in [0, 0.1) is 13.8 Å². The lowest BCUT2D eigenvalue weighted by Crippen LogP contribution is -2.25. The van der Waals surface area contributed by atoms with Crippen LogP contribution in [0.1, 0.15) is 31.4 Å². The summed E-state index contributed by atoms with van der Waals surface area (Å²) >= 11 is 0. The molecule has 0 atom stereocenters. The highest BCUT2D eigenvalue weighted by atomic mass is 32.2. The van der Waals surface area contributed by atoms with Crippen molar-refractivity contribution in [2.24, 2.45) is 5.14 Å². The van der Waals surface area contributed by atoms with Gasteiger partial charge in [0.05, 0.1) is 17.1 Å². The van der Waals surface area contributed by atoms with Gasteiger partial charge in [0.15, 0.2) is 0 Å². The lowest BCUT2D eigenvalue weighted by Gasteiger charge is -2.22. The summed E-state index contributed by atoms with van der Waals surface area (Å²) in [5.41, 5.74) is 0.937. The first-order valence-corrected chi connectivity index (χ1v) is 7.93. The van der Waals surface area contributed by atoms with E-state index in [1.54, 1.807) is 33.1 Å². The molecule has 2 N–H and O–H groups in total. The number of sulfonamides is 1. The molecule has 1 rings (SSSR count). The molecule has 0 fully saturated rings. The fourth-order valence-electron chi connectivity index (χ4n) is 1.96. The molecule has 20 heavy (non-hydrogen) atoms. The van der Waals surface area contributed by atoms with E-state index in [1.807, 2.05) is 13.8 Å². The second kappa shape index (κ2) is 6.11. The molecule has 0 saturated heterocycles. The molecule has 0 aliphatic heterocycles. The van der Waals surface area contributed by atoms with Crippen LogP contribution in [0.3, 0.4) is 0 Å². The Bertz CT molecular complexity index is 556. The summed E-state index contributed by atoms with van der Waals surface area (Å²) in [6, 6.07) is 3.37. The van der Waals surface area contributed by atoms with Gasteiger partial charge in [0.2, 0.25) is 10.0 Å². The van der Waals surface area contributed by atoms with E-state index < -0.39 is 10.0 Å². The van der Waals surface area contributed by atoms with E-state index in [0.29, 0.717) is 23.5 Å². The van der Waals surface area contributed by atoms with Crippen LogP contribution in [0.2, 0.25) is 0 Å². The summed E-state index contributed by atoms with van der Waals surface area (Å²) in [5, 5.41) is 5.20. The van der Waals surface area contributed by atoms with Gasteiger partial charge in [0.25, 0.3) is 0 Å². The van der Waals surface area contributed by atoms with Crippen LogP contribution >= 0.6 is 0 Å². The van der Waals surface area contributed by atoms with E-state index in [2.05, 4.69) is 0 Å². The summed E-state index contributed by atoms with van der Waals surface area (Å²) in [5.74, 6) is 0.638. The zero-order chi connectivity index (χ0) is 15.6. The smallest absolute Gasteiger partial charge is 0.238 e. The summed E-state index contributed by atoms with van der Waals surface area (Å²) < 4.78 is 33.9. The van der Waals surface area contributed by atoms with Crippen LogP contribution in [-0.2, 0) is 14.8 Å². The van der Waals surface area contributed by atoms with Crippen molar-refractivity contribution in [3.8, 4) is 5.75 Å². The fourth-order valence-corrected chi connectivity index (χ4v) is 2.97. The molecule has 1 aromatic carbocycles. The quantitative estimate of drug-likeness (QED) is 0.873. The summed E-state index contributed by atoms with van der Waals surface area (Å²) in [6.45, 7) is 7.87. The van der Waals surface area contributed by atoms with Gasteiger partial charge in [0.1, 0.15) is 5.75 Å². The third-order valence-electron chi connectivity index (χ3n) is 3.24. The van der Waals surface area contributed by atoms with Crippen molar-refractivity contribution in [1.82, 2.24) is 0 Å². The van der Waals surface area contributed by atoms with Crippen molar-refractivity contribution >= 4 is 10.0 Å². The minimum absolute atomic E-state index is 0.169. The van der Waals surface area contributed by atoms with Gasteiger partial charge in [-0.3, -0.25) is 0 Å². The SMILES string of the molecule is COC(C)(C)CCOc1cc(C)c(S(N)(=O)=O)c(C)c1. The molecule has 0 amide bonds. The number of benzene rings is 1. The minimum atomic E-state index is -3.70. The van der Waals surface area contributed by atoms with Crippen molar-refractivity contribution in [3.05, 3.63) is 23.3 Å². The molecule has 0 aliphatic carbocycles. The molecule has 0 saturated carbocycles. The molecular weight excluding hydrogens is 278 g/mol. The van der Waals surface area contributed by atoms with Crippen LogP contribution < -0.4 is 9.88 Å². The van der Waals surface area contributed by atoms with E-state index in [1.165, 1.54) is 0 Å². The van der Waals surface area contributed by atoms with E-state index in [9.17, 15) is 8.42 Å². The normalized spacial score (nSPS) is 12.5. The average Bonchev–Trinajstić information content (AvgIpc) is 2.25. The van der Waals surface area contributed by atoms with Gasteiger partial charge in [-0.25, -0.2) is 13.6 Å². The molecule has 0 radical (unpaired) electrons. The standard InChI is InChI=1S/C14H23NO4S/c1-10-8-12(19-7-6-14(3,4)18-5)9-11(2)13(10)20(15,16)17/h8-9H,6-7H2,1-5H3,(H2,15,16,17). The zero-order valence-electron chi connectivity index (χ0n) is 12.7. The van der Waals surface area contributed by atoms with Crippen LogP contribution in [0.4, 0.5) is 0 Å². The van der Waals surface area contributed by atoms with Crippen LogP contribution in [-0.4, -0.2) is 27.7 Å². The lowest BCUT2D eigenvalue weighted by atomic mass is 10.1.